The summed E-state index contributed by atoms with van der Waals surface area (Å²) in [6.07, 6.45) is 1.61. The highest BCUT2D eigenvalue weighted by Crippen LogP contribution is 2.15. The minimum atomic E-state index is -0.242. The molecule has 0 saturated heterocycles. The zero-order valence-corrected chi connectivity index (χ0v) is 13.3. The average molecular weight is 308 g/mol. The molecule has 0 aliphatic rings. The number of benzene rings is 2. The fourth-order valence-electron chi connectivity index (χ4n) is 2.32. The summed E-state index contributed by atoms with van der Waals surface area (Å²) in [6.45, 7) is 7.90. The third-order valence-corrected chi connectivity index (χ3v) is 3.27. The van der Waals surface area contributed by atoms with E-state index in [1.165, 1.54) is 0 Å². The van der Waals surface area contributed by atoms with E-state index in [1.54, 1.807) is 30.3 Å². The number of carbonyl (C=O) groups excluding carboxylic acids is 2. The summed E-state index contributed by atoms with van der Waals surface area (Å²) < 4.78 is 0. The van der Waals surface area contributed by atoms with E-state index in [0.717, 1.165) is 16.8 Å². The molecule has 0 radical (unpaired) electrons. The molecule has 0 saturated carbocycles. The van der Waals surface area contributed by atoms with E-state index in [4.69, 9.17) is 0 Å². The maximum Gasteiger partial charge on any atom is 0.255 e. The lowest BCUT2D eigenvalue weighted by atomic mass is 10.1. The van der Waals surface area contributed by atoms with Gasteiger partial charge in [-0.25, -0.2) is 0 Å². The lowest BCUT2D eigenvalue weighted by molar-refractivity contribution is 0.0958. The molecule has 0 atom stereocenters. The maximum absolute atomic E-state index is 12.4. The standard InChI is InChI=1S/C19H20N2O2/c1-4-8-20-18(22)15-6-5-7-16(12-15)19(23)21-17-10-13(2)9-14(3)11-17/h4-7,9-12H,1,8H2,2-3H3,(H,20,22)(H,21,23). The van der Waals surface area contributed by atoms with Crippen molar-refractivity contribution in [2.45, 2.75) is 13.8 Å². The summed E-state index contributed by atoms with van der Waals surface area (Å²) in [5, 5.41) is 5.55. The Morgan fingerprint density at radius 2 is 1.61 bits per heavy atom. The van der Waals surface area contributed by atoms with Crippen LogP contribution in [0.4, 0.5) is 5.69 Å². The Morgan fingerprint density at radius 1 is 1.00 bits per heavy atom. The van der Waals surface area contributed by atoms with Gasteiger partial charge in [-0.15, -0.1) is 6.58 Å². The first-order valence-electron chi connectivity index (χ1n) is 7.38. The molecule has 0 fully saturated rings. The Hall–Kier alpha value is -2.88. The molecule has 2 N–H and O–H groups in total. The van der Waals surface area contributed by atoms with Crippen LogP contribution < -0.4 is 10.6 Å². The van der Waals surface area contributed by atoms with Gasteiger partial charge in [0.25, 0.3) is 11.8 Å². The van der Waals surface area contributed by atoms with Crippen LogP contribution in [0, 0.1) is 13.8 Å². The van der Waals surface area contributed by atoms with Crippen LogP contribution >= 0.6 is 0 Å². The van der Waals surface area contributed by atoms with Crippen molar-refractivity contribution in [1.82, 2.24) is 5.32 Å². The van der Waals surface area contributed by atoms with Gasteiger partial charge in [0.1, 0.15) is 0 Å². The Morgan fingerprint density at radius 3 is 2.22 bits per heavy atom. The van der Waals surface area contributed by atoms with Gasteiger partial charge in [-0.3, -0.25) is 9.59 Å². The van der Waals surface area contributed by atoms with Crippen LogP contribution in [0.1, 0.15) is 31.8 Å². The molecule has 4 nitrogen and oxygen atoms in total. The van der Waals surface area contributed by atoms with Gasteiger partial charge in [0.15, 0.2) is 0 Å². The van der Waals surface area contributed by atoms with Crippen molar-refractivity contribution in [2.75, 3.05) is 11.9 Å². The summed E-state index contributed by atoms with van der Waals surface area (Å²) >= 11 is 0. The van der Waals surface area contributed by atoms with Crippen LogP contribution in [-0.2, 0) is 0 Å². The molecule has 2 rings (SSSR count). The minimum absolute atomic E-state index is 0.231. The van der Waals surface area contributed by atoms with Gasteiger partial charge in [0.05, 0.1) is 0 Å². The van der Waals surface area contributed by atoms with Crippen LogP contribution in [0.3, 0.4) is 0 Å². The summed E-state index contributed by atoms with van der Waals surface area (Å²) in [4.78, 5) is 24.3. The molecule has 0 aromatic heterocycles. The molecule has 0 aliphatic heterocycles. The third kappa shape index (κ3) is 4.54. The van der Waals surface area contributed by atoms with Crippen molar-refractivity contribution in [3.63, 3.8) is 0 Å². The highest BCUT2D eigenvalue weighted by atomic mass is 16.2. The molecule has 118 valence electrons. The molecule has 0 spiro atoms. The second-order valence-corrected chi connectivity index (χ2v) is 5.41. The SMILES string of the molecule is C=CCNC(=O)c1cccc(C(=O)Nc2cc(C)cc(C)c2)c1. The van der Waals surface area contributed by atoms with E-state index < -0.39 is 0 Å². The van der Waals surface area contributed by atoms with Crippen molar-refractivity contribution < 1.29 is 9.59 Å². The van der Waals surface area contributed by atoms with Gasteiger partial charge >= 0.3 is 0 Å². The Labute approximate surface area is 136 Å². The number of hydrogen-bond acceptors (Lipinski definition) is 2. The van der Waals surface area contributed by atoms with Crippen molar-refractivity contribution >= 4 is 17.5 Å². The van der Waals surface area contributed by atoms with Crippen molar-refractivity contribution in [1.29, 1.82) is 0 Å². The van der Waals surface area contributed by atoms with Crippen molar-refractivity contribution in [3.05, 3.63) is 77.4 Å². The molecule has 0 aliphatic carbocycles. The number of aryl methyl sites for hydroxylation is 2. The fraction of sp³-hybridized carbons (Fsp3) is 0.158. The monoisotopic (exact) mass is 308 g/mol. The lowest BCUT2D eigenvalue weighted by Gasteiger charge is -2.09. The Balaban J connectivity index is 2.16. The van der Waals surface area contributed by atoms with Gasteiger partial charge in [0.2, 0.25) is 0 Å². The van der Waals surface area contributed by atoms with E-state index >= 15 is 0 Å². The zero-order chi connectivity index (χ0) is 16.8. The molecular weight excluding hydrogens is 288 g/mol. The van der Waals surface area contributed by atoms with Crippen molar-refractivity contribution in [3.8, 4) is 0 Å². The highest BCUT2D eigenvalue weighted by molar-refractivity contribution is 6.06. The normalized spacial score (nSPS) is 10.0. The van der Waals surface area contributed by atoms with Gasteiger partial charge < -0.3 is 10.6 Å². The van der Waals surface area contributed by atoms with Crippen LogP contribution in [0.15, 0.2) is 55.1 Å². The van der Waals surface area contributed by atoms with E-state index in [-0.39, 0.29) is 11.8 Å². The maximum atomic E-state index is 12.4. The van der Waals surface area contributed by atoms with Crippen LogP contribution in [0.5, 0.6) is 0 Å². The first kappa shape index (κ1) is 16.5. The molecule has 0 unspecified atom stereocenters. The van der Waals surface area contributed by atoms with Crippen LogP contribution in [-0.4, -0.2) is 18.4 Å². The molecule has 2 amide bonds. The summed E-state index contributed by atoms with van der Waals surface area (Å²) in [6, 6.07) is 12.5. The molecule has 0 bridgehead atoms. The summed E-state index contributed by atoms with van der Waals surface area (Å²) in [7, 11) is 0. The number of carbonyl (C=O) groups is 2. The highest BCUT2D eigenvalue weighted by Gasteiger charge is 2.10. The number of nitrogens with one attached hydrogen (secondary N) is 2. The third-order valence-electron chi connectivity index (χ3n) is 3.27. The van der Waals surface area contributed by atoms with Gasteiger partial charge in [-0.2, -0.15) is 0 Å². The van der Waals surface area contributed by atoms with Crippen molar-refractivity contribution in [2.24, 2.45) is 0 Å². The predicted molar refractivity (Wildman–Crippen MR) is 92.8 cm³/mol. The quantitative estimate of drug-likeness (QED) is 0.831. The Kier molecular flexibility index (Phi) is 5.31. The fourth-order valence-corrected chi connectivity index (χ4v) is 2.32. The number of hydrogen-bond donors (Lipinski definition) is 2. The average Bonchev–Trinajstić information content (AvgIpc) is 2.51. The van der Waals surface area contributed by atoms with Gasteiger partial charge in [-0.05, 0) is 55.3 Å². The minimum Gasteiger partial charge on any atom is -0.349 e. The summed E-state index contributed by atoms with van der Waals surface area (Å²) in [5.41, 5.74) is 3.79. The smallest absolute Gasteiger partial charge is 0.255 e. The van der Waals surface area contributed by atoms with E-state index in [1.807, 2.05) is 32.0 Å². The van der Waals surface area contributed by atoms with Crippen LogP contribution in [0.25, 0.3) is 0 Å². The molecule has 2 aromatic carbocycles. The topological polar surface area (TPSA) is 58.2 Å². The lowest BCUT2D eigenvalue weighted by Crippen LogP contribution is -2.23. The van der Waals surface area contributed by atoms with E-state index in [9.17, 15) is 9.59 Å². The zero-order valence-electron chi connectivity index (χ0n) is 13.3. The molecule has 23 heavy (non-hydrogen) atoms. The number of anilines is 1. The van der Waals surface area contributed by atoms with E-state index in [2.05, 4.69) is 17.2 Å². The second kappa shape index (κ2) is 7.40. The van der Waals surface area contributed by atoms with Crippen LogP contribution in [0.2, 0.25) is 0 Å². The summed E-state index contributed by atoms with van der Waals surface area (Å²) in [5.74, 6) is -0.473. The number of amides is 2. The predicted octanol–water partition coefficient (Wildman–Crippen LogP) is 3.47. The molecular formula is C19H20N2O2. The second-order valence-electron chi connectivity index (χ2n) is 5.41. The largest absolute Gasteiger partial charge is 0.349 e. The molecule has 2 aromatic rings. The molecule has 4 heteroatoms. The first-order chi connectivity index (χ1) is 11.0. The number of rotatable bonds is 5. The van der Waals surface area contributed by atoms with Gasteiger partial charge in [0, 0.05) is 23.4 Å². The Bertz CT molecular complexity index is 731. The van der Waals surface area contributed by atoms with Gasteiger partial charge in [-0.1, -0.05) is 18.2 Å². The van der Waals surface area contributed by atoms with E-state index in [0.29, 0.717) is 17.7 Å². The molecule has 0 heterocycles. The first-order valence-corrected chi connectivity index (χ1v) is 7.38.